The number of hydrogen-bond donors (Lipinski definition) is 2. The van der Waals surface area contributed by atoms with Gasteiger partial charge >= 0.3 is 0 Å². The fourth-order valence-corrected chi connectivity index (χ4v) is 4.44. The fourth-order valence-electron chi connectivity index (χ4n) is 4.44. The summed E-state index contributed by atoms with van der Waals surface area (Å²) in [5.41, 5.74) is 2.87. The second kappa shape index (κ2) is 9.58. The van der Waals surface area contributed by atoms with Gasteiger partial charge in [0.05, 0.1) is 24.8 Å². The van der Waals surface area contributed by atoms with E-state index in [1.165, 1.54) is 6.07 Å². The Hall–Kier alpha value is -3.46. The van der Waals surface area contributed by atoms with Crippen LogP contribution in [0.3, 0.4) is 0 Å². The molecule has 9 nitrogen and oxygen atoms in total. The first-order valence-electron chi connectivity index (χ1n) is 11.4. The van der Waals surface area contributed by atoms with E-state index in [1.54, 1.807) is 24.5 Å². The Morgan fingerprint density at radius 3 is 2.67 bits per heavy atom. The fraction of sp³-hybridized carbons (Fsp3) is 0.417. The third-order valence-corrected chi connectivity index (χ3v) is 6.17. The van der Waals surface area contributed by atoms with Crippen molar-refractivity contribution in [2.24, 2.45) is 0 Å². The molecule has 5 rings (SSSR count). The number of pyridine rings is 1. The summed E-state index contributed by atoms with van der Waals surface area (Å²) >= 11 is 0. The summed E-state index contributed by atoms with van der Waals surface area (Å²) in [6.07, 6.45) is 6.69. The molecule has 0 atom stereocenters. The van der Waals surface area contributed by atoms with Crippen molar-refractivity contribution >= 4 is 22.6 Å². The van der Waals surface area contributed by atoms with Crippen molar-refractivity contribution in [3.05, 3.63) is 48.4 Å². The second-order valence-electron chi connectivity index (χ2n) is 8.41. The third kappa shape index (κ3) is 4.98. The topological polar surface area (TPSA) is 110 Å². The molecule has 1 aliphatic carbocycles. The van der Waals surface area contributed by atoms with Crippen LogP contribution in [0.1, 0.15) is 36.2 Å². The second-order valence-corrected chi connectivity index (χ2v) is 8.41. The number of carbonyl (C=O) groups is 1. The van der Waals surface area contributed by atoms with Crippen LogP contribution in [-0.4, -0.2) is 64.4 Å². The standard InChI is InChI=1S/C24H27N5O4/c30-22-3-1-2-19(28-22)24(31)27-16-4-6-18(7-5-16)33-21-15-17(29-10-12-32-13-11-29)14-20-23(21)26-9-8-25-20/h1-3,8-9,14-16,18H,4-7,10-13H2,(H,27,31)(H,28,30). The highest BCUT2D eigenvalue weighted by atomic mass is 16.5. The van der Waals surface area contributed by atoms with Gasteiger partial charge in [-0.1, -0.05) is 6.07 Å². The van der Waals surface area contributed by atoms with E-state index in [-0.39, 0.29) is 29.6 Å². The lowest BCUT2D eigenvalue weighted by Crippen LogP contribution is -2.40. The van der Waals surface area contributed by atoms with Crippen molar-refractivity contribution in [2.75, 3.05) is 31.2 Å². The number of fused-ring (bicyclic) bond motifs is 1. The molecule has 0 unspecified atom stereocenters. The van der Waals surface area contributed by atoms with Crippen molar-refractivity contribution in [3.63, 3.8) is 0 Å². The summed E-state index contributed by atoms with van der Waals surface area (Å²) in [6.45, 7) is 3.10. The largest absolute Gasteiger partial charge is 0.493 e. The van der Waals surface area contributed by atoms with Crippen LogP contribution < -0.4 is 15.0 Å². The van der Waals surface area contributed by atoms with Gasteiger partial charge in [0.15, 0.2) is 0 Å². The summed E-state index contributed by atoms with van der Waals surface area (Å²) in [7, 11) is 0. The number of ether oxygens (including phenoxy) is 2. The van der Waals surface area contributed by atoms with Crippen LogP contribution in [0.5, 0.6) is 11.6 Å². The predicted molar refractivity (Wildman–Crippen MR) is 123 cm³/mol. The molecule has 1 aromatic carbocycles. The van der Waals surface area contributed by atoms with Crippen LogP contribution in [0, 0.1) is 0 Å². The molecule has 1 saturated heterocycles. The highest BCUT2D eigenvalue weighted by Crippen LogP contribution is 2.33. The molecule has 2 fully saturated rings. The molecule has 1 aliphatic heterocycles. The van der Waals surface area contributed by atoms with E-state index in [9.17, 15) is 9.90 Å². The van der Waals surface area contributed by atoms with Crippen molar-refractivity contribution in [1.82, 2.24) is 20.3 Å². The molecule has 33 heavy (non-hydrogen) atoms. The molecular weight excluding hydrogens is 422 g/mol. The molecule has 2 N–H and O–H groups in total. The lowest BCUT2D eigenvalue weighted by molar-refractivity contribution is 0.0889. The van der Waals surface area contributed by atoms with Crippen LogP contribution in [0.2, 0.25) is 0 Å². The lowest BCUT2D eigenvalue weighted by atomic mass is 9.92. The highest BCUT2D eigenvalue weighted by Gasteiger charge is 2.25. The summed E-state index contributed by atoms with van der Waals surface area (Å²) in [5.74, 6) is 0.322. The highest BCUT2D eigenvalue weighted by molar-refractivity contribution is 5.92. The Kier molecular flexibility index (Phi) is 6.21. The van der Waals surface area contributed by atoms with E-state index >= 15 is 0 Å². The number of nitrogens with one attached hydrogen (secondary N) is 1. The van der Waals surface area contributed by atoms with Crippen molar-refractivity contribution in [2.45, 2.75) is 37.8 Å². The molecular formula is C24H27N5O4. The minimum absolute atomic E-state index is 0.0437. The monoisotopic (exact) mass is 449 g/mol. The molecule has 0 spiro atoms. The maximum Gasteiger partial charge on any atom is 0.270 e. The zero-order chi connectivity index (χ0) is 22.6. The normalized spacial score (nSPS) is 21.0. The molecule has 1 amide bonds. The van der Waals surface area contributed by atoms with Gasteiger partial charge in [-0.2, -0.15) is 0 Å². The number of nitrogens with zero attached hydrogens (tertiary/aromatic N) is 4. The number of hydrogen-bond acceptors (Lipinski definition) is 8. The van der Waals surface area contributed by atoms with Crippen molar-refractivity contribution in [3.8, 4) is 11.6 Å². The molecule has 0 bridgehead atoms. The lowest BCUT2D eigenvalue weighted by Gasteiger charge is -2.31. The SMILES string of the molecule is O=C(NC1CCC(Oc2cc(N3CCOCC3)cc3nccnc23)CC1)c1cccc(O)n1. The molecule has 2 aromatic heterocycles. The molecule has 172 valence electrons. The summed E-state index contributed by atoms with van der Waals surface area (Å²) in [6, 6.07) is 8.82. The zero-order valence-electron chi connectivity index (χ0n) is 18.3. The molecule has 2 aliphatic rings. The molecule has 1 saturated carbocycles. The number of benzene rings is 1. The minimum atomic E-state index is -0.269. The van der Waals surface area contributed by atoms with Gasteiger partial charge in [0, 0.05) is 49.3 Å². The summed E-state index contributed by atoms with van der Waals surface area (Å²) < 4.78 is 11.9. The van der Waals surface area contributed by atoms with Crippen molar-refractivity contribution < 1.29 is 19.4 Å². The van der Waals surface area contributed by atoms with E-state index in [2.05, 4.69) is 37.3 Å². The van der Waals surface area contributed by atoms with Crippen LogP contribution in [-0.2, 0) is 4.74 Å². The van der Waals surface area contributed by atoms with Crippen molar-refractivity contribution in [1.29, 1.82) is 0 Å². The van der Waals surface area contributed by atoms with Gasteiger partial charge in [0.25, 0.3) is 5.91 Å². The Morgan fingerprint density at radius 2 is 1.88 bits per heavy atom. The third-order valence-electron chi connectivity index (χ3n) is 6.17. The Morgan fingerprint density at radius 1 is 1.09 bits per heavy atom. The molecule has 0 radical (unpaired) electrons. The Balaban J connectivity index is 1.25. The molecule has 3 heterocycles. The predicted octanol–water partition coefficient (Wildman–Crippen LogP) is 2.69. The minimum Gasteiger partial charge on any atom is -0.493 e. The number of carbonyl (C=O) groups excluding carboxylic acids is 1. The maximum atomic E-state index is 12.4. The van der Waals surface area contributed by atoms with Crippen LogP contribution in [0.4, 0.5) is 5.69 Å². The van der Waals surface area contributed by atoms with Gasteiger partial charge in [-0.15, -0.1) is 0 Å². The van der Waals surface area contributed by atoms with Crippen LogP contribution >= 0.6 is 0 Å². The van der Waals surface area contributed by atoms with E-state index in [0.29, 0.717) is 13.2 Å². The molecule has 3 aromatic rings. The van der Waals surface area contributed by atoms with Gasteiger partial charge < -0.3 is 24.8 Å². The average molecular weight is 450 g/mol. The van der Waals surface area contributed by atoms with E-state index in [1.807, 2.05) is 0 Å². The zero-order valence-corrected chi connectivity index (χ0v) is 18.3. The van der Waals surface area contributed by atoms with Gasteiger partial charge in [0.2, 0.25) is 5.88 Å². The number of aromatic hydroxyl groups is 1. The smallest absolute Gasteiger partial charge is 0.270 e. The molecule has 9 heteroatoms. The number of amides is 1. The van der Waals surface area contributed by atoms with Crippen LogP contribution in [0.15, 0.2) is 42.7 Å². The number of aromatic nitrogens is 3. The number of anilines is 1. The average Bonchev–Trinajstić information content (AvgIpc) is 2.85. The Labute approximate surface area is 191 Å². The van der Waals surface area contributed by atoms with Gasteiger partial charge in [-0.25, -0.2) is 9.97 Å². The first-order valence-corrected chi connectivity index (χ1v) is 11.4. The van der Waals surface area contributed by atoms with Gasteiger partial charge in [0.1, 0.15) is 17.0 Å². The van der Waals surface area contributed by atoms with Gasteiger partial charge in [-0.3, -0.25) is 9.78 Å². The first kappa shape index (κ1) is 21.4. The van der Waals surface area contributed by atoms with E-state index in [0.717, 1.165) is 61.2 Å². The Bertz CT molecular complexity index is 1130. The maximum absolute atomic E-state index is 12.4. The van der Waals surface area contributed by atoms with Crippen LogP contribution in [0.25, 0.3) is 11.0 Å². The number of rotatable bonds is 5. The quantitative estimate of drug-likeness (QED) is 0.612. The first-order chi connectivity index (χ1) is 16.2. The number of morpholine rings is 1. The summed E-state index contributed by atoms with van der Waals surface area (Å²) in [5, 5.41) is 12.5. The van der Waals surface area contributed by atoms with Gasteiger partial charge in [-0.05, 0) is 37.8 Å². The van der Waals surface area contributed by atoms with E-state index in [4.69, 9.17) is 9.47 Å². The summed E-state index contributed by atoms with van der Waals surface area (Å²) in [4.78, 5) is 27.6. The van der Waals surface area contributed by atoms with E-state index < -0.39 is 0 Å².